The molecular formula is C20H17F4N3O4. The number of aromatic nitrogens is 2. The SMILES string of the molecule is COc1cc(C(Nc2cc(F)cc3[nH]c(=O)ccc23)C(C=O)(CO)C(F)(F)F)ccn1. The number of methoxy groups -OCH3 is 1. The van der Waals surface area contributed by atoms with Gasteiger partial charge in [-0.15, -0.1) is 0 Å². The van der Waals surface area contributed by atoms with Gasteiger partial charge in [0.15, 0.2) is 5.41 Å². The topological polar surface area (TPSA) is 104 Å². The lowest BCUT2D eigenvalue weighted by atomic mass is 9.77. The van der Waals surface area contributed by atoms with Gasteiger partial charge in [0.2, 0.25) is 11.4 Å². The molecular weight excluding hydrogens is 422 g/mol. The second-order valence-corrected chi connectivity index (χ2v) is 6.76. The smallest absolute Gasteiger partial charge is 0.405 e. The third-order valence-corrected chi connectivity index (χ3v) is 4.92. The molecule has 3 aromatic rings. The summed E-state index contributed by atoms with van der Waals surface area (Å²) in [5.41, 5.74) is -4.00. The number of carbonyl (C=O) groups is 1. The number of nitrogens with one attached hydrogen (secondary N) is 2. The van der Waals surface area contributed by atoms with Crippen LogP contribution in [0, 0.1) is 11.2 Å². The van der Waals surface area contributed by atoms with Gasteiger partial charge >= 0.3 is 6.18 Å². The number of pyridine rings is 2. The van der Waals surface area contributed by atoms with Crippen molar-refractivity contribution in [1.82, 2.24) is 9.97 Å². The van der Waals surface area contributed by atoms with E-state index >= 15 is 0 Å². The molecule has 0 aliphatic rings. The molecule has 2 heterocycles. The maximum atomic E-state index is 14.2. The van der Waals surface area contributed by atoms with E-state index in [1.807, 2.05) is 0 Å². The number of halogens is 4. The molecule has 1 aromatic carbocycles. The summed E-state index contributed by atoms with van der Waals surface area (Å²) in [4.78, 5) is 29.5. The highest BCUT2D eigenvalue weighted by Gasteiger charge is 2.60. The lowest BCUT2D eigenvalue weighted by Gasteiger charge is -2.37. The van der Waals surface area contributed by atoms with Crippen LogP contribution in [0.5, 0.6) is 5.88 Å². The molecule has 2 aromatic heterocycles. The number of nitrogens with zero attached hydrogens (tertiary/aromatic N) is 1. The average Bonchev–Trinajstić information content (AvgIpc) is 2.72. The van der Waals surface area contributed by atoms with Crippen molar-refractivity contribution in [3.63, 3.8) is 0 Å². The second-order valence-electron chi connectivity index (χ2n) is 6.76. The zero-order chi connectivity index (χ0) is 22.8. The summed E-state index contributed by atoms with van der Waals surface area (Å²) in [6.45, 7) is -1.58. The van der Waals surface area contributed by atoms with Crippen LogP contribution in [0.4, 0.5) is 23.2 Å². The number of aliphatic hydroxyl groups excluding tert-OH is 1. The number of hydrogen-bond acceptors (Lipinski definition) is 6. The Kier molecular flexibility index (Phi) is 5.98. The molecule has 7 nitrogen and oxygen atoms in total. The zero-order valence-electron chi connectivity index (χ0n) is 16.0. The van der Waals surface area contributed by atoms with Gasteiger partial charge in [-0.1, -0.05) is 0 Å². The van der Waals surface area contributed by atoms with Crippen LogP contribution in [0.25, 0.3) is 10.9 Å². The third kappa shape index (κ3) is 4.08. The fourth-order valence-electron chi connectivity index (χ4n) is 3.25. The van der Waals surface area contributed by atoms with Crippen LogP contribution in [0.1, 0.15) is 11.6 Å². The number of aromatic amines is 1. The Morgan fingerprint density at radius 2 is 2.00 bits per heavy atom. The number of aliphatic hydroxyl groups is 1. The van der Waals surface area contributed by atoms with E-state index in [0.717, 1.165) is 18.2 Å². The van der Waals surface area contributed by atoms with Crippen molar-refractivity contribution in [2.24, 2.45) is 5.41 Å². The number of alkyl halides is 3. The molecule has 0 radical (unpaired) electrons. The van der Waals surface area contributed by atoms with E-state index in [4.69, 9.17) is 4.74 Å². The van der Waals surface area contributed by atoms with E-state index in [-0.39, 0.29) is 34.3 Å². The summed E-state index contributed by atoms with van der Waals surface area (Å²) >= 11 is 0. The minimum atomic E-state index is -5.17. The summed E-state index contributed by atoms with van der Waals surface area (Å²) in [5, 5.41) is 12.4. The quantitative estimate of drug-likeness (QED) is 0.386. The van der Waals surface area contributed by atoms with Gasteiger partial charge in [0, 0.05) is 29.4 Å². The van der Waals surface area contributed by atoms with Gasteiger partial charge in [-0.25, -0.2) is 9.37 Å². The van der Waals surface area contributed by atoms with E-state index in [9.17, 15) is 32.3 Å². The summed E-state index contributed by atoms with van der Waals surface area (Å²) in [6.07, 6.45) is -4.39. The van der Waals surface area contributed by atoms with Gasteiger partial charge in [0.05, 0.1) is 25.3 Å². The Labute approximate surface area is 172 Å². The molecule has 0 fully saturated rings. The molecule has 0 amide bonds. The van der Waals surface area contributed by atoms with E-state index in [1.165, 1.54) is 31.5 Å². The summed E-state index contributed by atoms with van der Waals surface area (Å²) < 4.78 is 61.2. The van der Waals surface area contributed by atoms with Crippen molar-refractivity contribution in [2.45, 2.75) is 12.2 Å². The Bertz CT molecular complexity index is 1170. The van der Waals surface area contributed by atoms with Crippen LogP contribution in [0.2, 0.25) is 0 Å². The van der Waals surface area contributed by atoms with Gasteiger partial charge in [0.25, 0.3) is 0 Å². The molecule has 0 aliphatic heterocycles. The molecule has 11 heteroatoms. The first-order valence-corrected chi connectivity index (χ1v) is 8.88. The lowest BCUT2D eigenvalue weighted by Crippen LogP contribution is -2.50. The maximum absolute atomic E-state index is 14.2. The molecule has 2 atom stereocenters. The first-order valence-electron chi connectivity index (χ1n) is 8.88. The Balaban J connectivity index is 2.26. The summed E-state index contributed by atoms with van der Waals surface area (Å²) in [6, 6.07) is 4.85. The Hall–Kier alpha value is -3.47. The minimum Gasteiger partial charge on any atom is -0.481 e. The second kappa shape index (κ2) is 8.34. The van der Waals surface area contributed by atoms with E-state index in [1.54, 1.807) is 0 Å². The normalized spacial score (nSPS) is 14.6. The predicted octanol–water partition coefficient (Wildman–Crippen LogP) is 2.96. The van der Waals surface area contributed by atoms with Crippen LogP contribution >= 0.6 is 0 Å². The molecule has 0 spiro atoms. The Morgan fingerprint density at radius 3 is 2.61 bits per heavy atom. The molecule has 164 valence electrons. The van der Waals surface area contributed by atoms with Crippen LogP contribution in [0.15, 0.2) is 47.4 Å². The van der Waals surface area contributed by atoms with Crippen molar-refractivity contribution in [3.05, 3.63) is 64.3 Å². The van der Waals surface area contributed by atoms with Crippen LogP contribution in [0.3, 0.4) is 0 Å². The van der Waals surface area contributed by atoms with Crippen LogP contribution in [-0.4, -0.2) is 41.3 Å². The van der Waals surface area contributed by atoms with Gasteiger partial charge < -0.3 is 24.9 Å². The molecule has 0 bridgehead atoms. The molecule has 0 saturated carbocycles. The lowest BCUT2D eigenvalue weighted by molar-refractivity contribution is -0.229. The average molecular weight is 439 g/mol. The summed E-state index contributed by atoms with van der Waals surface area (Å²) in [7, 11) is 1.26. The number of hydrogen-bond donors (Lipinski definition) is 3. The van der Waals surface area contributed by atoms with E-state index < -0.39 is 35.6 Å². The number of carbonyl (C=O) groups excluding carboxylic acids is 1. The molecule has 31 heavy (non-hydrogen) atoms. The van der Waals surface area contributed by atoms with Crippen molar-refractivity contribution in [1.29, 1.82) is 0 Å². The van der Waals surface area contributed by atoms with Crippen molar-refractivity contribution in [3.8, 4) is 5.88 Å². The van der Waals surface area contributed by atoms with Crippen molar-refractivity contribution in [2.75, 3.05) is 19.0 Å². The molecule has 2 unspecified atom stereocenters. The summed E-state index contributed by atoms with van der Waals surface area (Å²) in [5.74, 6) is -0.867. The van der Waals surface area contributed by atoms with Gasteiger partial charge in [-0.3, -0.25) is 4.79 Å². The van der Waals surface area contributed by atoms with Gasteiger partial charge in [-0.2, -0.15) is 13.2 Å². The Morgan fingerprint density at radius 1 is 1.26 bits per heavy atom. The molecule has 3 N–H and O–H groups in total. The van der Waals surface area contributed by atoms with Crippen LogP contribution in [-0.2, 0) is 4.79 Å². The largest absolute Gasteiger partial charge is 0.481 e. The van der Waals surface area contributed by atoms with Crippen LogP contribution < -0.4 is 15.6 Å². The molecule has 3 rings (SSSR count). The first-order chi connectivity index (χ1) is 14.6. The number of ether oxygens (including phenoxy) is 1. The number of fused-ring (bicyclic) bond motifs is 1. The highest BCUT2D eigenvalue weighted by Crippen LogP contribution is 2.48. The highest BCUT2D eigenvalue weighted by atomic mass is 19.4. The maximum Gasteiger partial charge on any atom is 0.405 e. The number of anilines is 1. The van der Waals surface area contributed by atoms with E-state index in [2.05, 4.69) is 15.3 Å². The van der Waals surface area contributed by atoms with E-state index in [0.29, 0.717) is 0 Å². The van der Waals surface area contributed by atoms with Gasteiger partial charge in [-0.05, 0) is 29.8 Å². The molecule has 0 saturated heterocycles. The van der Waals surface area contributed by atoms with Gasteiger partial charge in [0.1, 0.15) is 12.1 Å². The van der Waals surface area contributed by atoms with Crippen molar-refractivity contribution < 1.29 is 32.2 Å². The third-order valence-electron chi connectivity index (χ3n) is 4.92. The fourth-order valence-corrected chi connectivity index (χ4v) is 3.25. The standard InChI is InChI=1S/C20H17F4N3O4/c1-31-17-6-11(4-5-25-17)18(19(9-28,10-29)20(22,23)24)27-15-8-12(21)7-14-13(15)2-3-16(30)26-14/h2-9,18,27,29H,10H2,1H3,(H,26,30). The number of rotatable bonds is 7. The predicted molar refractivity (Wildman–Crippen MR) is 103 cm³/mol. The molecule has 0 aliphatic carbocycles. The fraction of sp³-hybridized carbons (Fsp3) is 0.250. The first kappa shape index (κ1) is 22.2. The number of aldehydes is 1. The zero-order valence-corrected chi connectivity index (χ0v) is 16.0. The number of H-pyrrole nitrogens is 1. The highest BCUT2D eigenvalue weighted by molar-refractivity contribution is 5.91. The minimum absolute atomic E-state index is 0.0300. The monoisotopic (exact) mass is 439 g/mol. The number of benzene rings is 1. The van der Waals surface area contributed by atoms with Crippen molar-refractivity contribution >= 4 is 22.9 Å².